The van der Waals surface area contributed by atoms with Crippen molar-refractivity contribution in [3.63, 3.8) is 0 Å². The average molecular weight is 415 g/mol. The molecule has 0 fully saturated rings. The minimum Gasteiger partial charge on any atom is -0.484 e. The van der Waals surface area contributed by atoms with Crippen molar-refractivity contribution in [3.05, 3.63) is 88.7 Å². The monoisotopic (exact) mass is 415 g/mol. The molecule has 31 heavy (non-hydrogen) atoms. The van der Waals surface area contributed by atoms with E-state index in [2.05, 4.69) is 5.32 Å². The summed E-state index contributed by atoms with van der Waals surface area (Å²) >= 11 is 0. The molecule has 0 radical (unpaired) electrons. The molecular weight excluding hydrogens is 390 g/mol. The highest BCUT2D eigenvalue weighted by molar-refractivity contribution is 6.52. The standard InChI is InChI=1S/C26H25NO4/c1-4-9-20(28)16-10-5-6-11-17(15-14-16)27-25-21-23(30)22(29)18-12-7-8-13-19(18)24(21)31-26(25,2)3/h4-9,12-15,25,27H,10-11H2,1-3H3/b6-5-,9-4+,16-14+,17-15+. The molecule has 1 N–H and O–H groups in total. The smallest absolute Gasteiger partial charge is 0.235 e. The summed E-state index contributed by atoms with van der Waals surface area (Å²) in [5.74, 6) is -0.584. The van der Waals surface area contributed by atoms with Crippen molar-refractivity contribution in [1.29, 1.82) is 0 Å². The van der Waals surface area contributed by atoms with Gasteiger partial charge in [0.2, 0.25) is 11.6 Å². The highest BCUT2D eigenvalue weighted by atomic mass is 16.5. The van der Waals surface area contributed by atoms with E-state index in [0.717, 1.165) is 5.70 Å². The van der Waals surface area contributed by atoms with Gasteiger partial charge >= 0.3 is 0 Å². The van der Waals surface area contributed by atoms with E-state index in [-0.39, 0.29) is 5.78 Å². The van der Waals surface area contributed by atoms with Gasteiger partial charge in [-0.2, -0.15) is 0 Å². The number of carbonyl (C=O) groups is 3. The van der Waals surface area contributed by atoms with Gasteiger partial charge in [-0.1, -0.05) is 48.6 Å². The second kappa shape index (κ2) is 7.99. The topological polar surface area (TPSA) is 72.5 Å². The van der Waals surface area contributed by atoms with Crippen molar-refractivity contribution >= 4 is 23.1 Å². The van der Waals surface area contributed by atoms with Crippen LogP contribution in [0.25, 0.3) is 5.76 Å². The van der Waals surface area contributed by atoms with E-state index < -0.39 is 23.2 Å². The van der Waals surface area contributed by atoms with E-state index in [1.54, 1.807) is 24.3 Å². The van der Waals surface area contributed by atoms with E-state index in [1.165, 1.54) is 0 Å². The molecule has 0 aromatic heterocycles. The Morgan fingerprint density at radius 3 is 2.52 bits per heavy atom. The molecule has 158 valence electrons. The molecule has 4 rings (SSSR count). The Morgan fingerprint density at radius 1 is 1.06 bits per heavy atom. The molecule has 1 heterocycles. The molecule has 3 aliphatic rings. The van der Waals surface area contributed by atoms with Crippen molar-refractivity contribution in [3.8, 4) is 0 Å². The van der Waals surface area contributed by atoms with Crippen LogP contribution in [0.5, 0.6) is 0 Å². The Balaban J connectivity index is 1.72. The van der Waals surface area contributed by atoms with Gasteiger partial charge in [0.05, 0.1) is 11.6 Å². The Morgan fingerprint density at radius 2 is 1.77 bits per heavy atom. The maximum absolute atomic E-state index is 13.0. The van der Waals surface area contributed by atoms with Crippen LogP contribution in [0.1, 0.15) is 49.5 Å². The van der Waals surface area contributed by atoms with Crippen LogP contribution in [0.4, 0.5) is 0 Å². The van der Waals surface area contributed by atoms with Crippen molar-refractivity contribution in [1.82, 2.24) is 5.32 Å². The minimum absolute atomic E-state index is 0.0242. The van der Waals surface area contributed by atoms with E-state index in [1.807, 2.05) is 57.2 Å². The van der Waals surface area contributed by atoms with Crippen LogP contribution in [0, 0.1) is 0 Å². The van der Waals surface area contributed by atoms with E-state index in [0.29, 0.717) is 40.9 Å². The van der Waals surface area contributed by atoms with Gasteiger partial charge < -0.3 is 10.1 Å². The zero-order chi connectivity index (χ0) is 22.2. The zero-order valence-electron chi connectivity index (χ0n) is 17.9. The summed E-state index contributed by atoms with van der Waals surface area (Å²) in [4.78, 5) is 38.0. The number of rotatable bonds is 4. The molecule has 0 saturated heterocycles. The van der Waals surface area contributed by atoms with E-state index >= 15 is 0 Å². The highest BCUT2D eigenvalue weighted by Crippen LogP contribution is 2.44. The first-order valence-electron chi connectivity index (χ1n) is 10.4. The van der Waals surface area contributed by atoms with Crippen molar-refractivity contribution < 1.29 is 19.1 Å². The summed E-state index contributed by atoms with van der Waals surface area (Å²) in [6.45, 7) is 5.62. The van der Waals surface area contributed by atoms with Gasteiger partial charge in [-0.15, -0.1) is 0 Å². The quantitative estimate of drug-likeness (QED) is 0.453. The third kappa shape index (κ3) is 3.72. The predicted molar refractivity (Wildman–Crippen MR) is 119 cm³/mol. The molecule has 1 aliphatic heterocycles. The summed E-state index contributed by atoms with van der Waals surface area (Å²) in [6, 6.07) is 6.56. The number of allylic oxidation sites excluding steroid dienone is 7. The minimum atomic E-state index is -0.738. The van der Waals surface area contributed by atoms with Crippen molar-refractivity contribution in [2.45, 2.75) is 45.3 Å². The number of hydrogen-bond donors (Lipinski definition) is 1. The zero-order valence-corrected chi connectivity index (χ0v) is 17.9. The maximum Gasteiger partial charge on any atom is 0.235 e. The number of benzene rings is 1. The van der Waals surface area contributed by atoms with Crippen LogP contribution >= 0.6 is 0 Å². The van der Waals surface area contributed by atoms with Gasteiger partial charge in [0, 0.05) is 28.8 Å². The number of Topliss-reactive ketones (excluding diaryl/α,β-unsaturated/α-hetero) is 2. The molecule has 1 aromatic rings. The fraction of sp³-hybridized carbons (Fsp3) is 0.269. The molecule has 1 aromatic carbocycles. The first kappa shape index (κ1) is 20.8. The Labute approximate surface area is 181 Å². The van der Waals surface area contributed by atoms with Crippen molar-refractivity contribution in [2.75, 3.05) is 0 Å². The molecule has 0 amide bonds. The fourth-order valence-corrected chi connectivity index (χ4v) is 4.15. The third-order valence-corrected chi connectivity index (χ3v) is 5.75. The molecular formula is C26H25NO4. The van der Waals surface area contributed by atoms with Crippen LogP contribution in [-0.4, -0.2) is 29.0 Å². The molecule has 0 saturated carbocycles. The lowest BCUT2D eigenvalue weighted by atomic mass is 9.83. The van der Waals surface area contributed by atoms with Crippen LogP contribution in [0.2, 0.25) is 0 Å². The van der Waals surface area contributed by atoms with Crippen LogP contribution < -0.4 is 5.32 Å². The number of carbonyl (C=O) groups excluding carboxylic acids is 3. The number of hydrogen-bond acceptors (Lipinski definition) is 5. The number of fused-ring (bicyclic) bond motifs is 2. The Kier molecular flexibility index (Phi) is 5.36. The molecule has 0 bridgehead atoms. The Bertz CT molecular complexity index is 1130. The summed E-state index contributed by atoms with van der Waals surface area (Å²) < 4.78 is 6.22. The van der Waals surface area contributed by atoms with Gasteiger partial charge in [0.25, 0.3) is 0 Å². The summed E-state index contributed by atoms with van der Waals surface area (Å²) in [5.41, 5.74) is 2.20. The summed E-state index contributed by atoms with van der Waals surface area (Å²) in [5, 5.41) is 3.43. The second-order valence-corrected chi connectivity index (χ2v) is 8.36. The van der Waals surface area contributed by atoms with Gasteiger partial charge in [-0.05, 0) is 39.3 Å². The SMILES string of the molecule is C/C=C/C(=O)/C1=C/C=C(/NC2C3=C(OC2(C)C)c2ccccc2C(=O)C3=O)C/C=C\C1. The molecule has 2 aliphatic carbocycles. The summed E-state index contributed by atoms with van der Waals surface area (Å²) in [6.07, 6.45) is 12.1. The number of ether oxygens (including phenoxy) is 1. The number of nitrogens with one attached hydrogen (secondary N) is 1. The van der Waals surface area contributed by atoms with Gasteiger partial charge in [0.1, 0.15) is 11.4 Å². The first-order chi connectivity index (χ1) is 14.8. The van der Waals surface area contributed by atoms with Crippen molar-refractivity contribution in [2.24, 2.45) is 0 Å². The number of ketones is 3. The lowest BCUT2D eigenvalue weighted by Gasteiger charge is -2.30. The maximum atomic E-state index is 13.0. The second-order valence-electron chi connectivity index (χ2n) is 8.36. The normalized spacial score (nSPS) is 26.6. The predicted octanol–water partition coefficient (Wildman–Crippen LogP) is 4.24. The molecule has 0 spiro atoms. The molecule has 1 unspecified atom stereocenters. The molecule has 5 heteroatoms. The highest BCUT2D eigenvalue weighted by Gasteiger charge is 2.50. The van der Waals surface area contributed by atoms with Gasteiger partial charge in [-0.3, -0.25) is 14.4 Å². The molecule has 5 nitrogen and oxygen atoms in total. The van der Waals surface area contributed by atoms with Gasteiger partial charge in [-0.25, -0.2) is 0 Å². The van der Waals surface area contributed by atoms with Crippen LogP contribution in [0.3, 0.4) is 0 Å². The largest absolute Gasteiger partial charge is 0.484 e. The Hall–Kier alpha value is -3.47. The van der Waals surface area contributed by atoms with E-state index in [9.17, 15) is 14.4 Å². The van der Waals surface area contributed by atoms with E-state index in [4.69, 9.17) is 4.74 Å². The summed E-state index contributed by atoms with van der Waals surface area (Å²) in [7, 11) is 0. The first-order valence-corrected chi connectivity index (χ1v) is 10.4. The van der Waals surface area contributed by atoms with Gasteiger partial charge in [0.15, 0.2) is 5.78 Å². The lowest BCUT2D eigenvalue weighted by molar-refractivity contribution is -0.112. The van der Waals surface area contributed by atoms with Crippen LogP contribution in [0.15, 0.2) is 77.6 Å². The third-order valence-electron chi connectivity index (χ3n) is 5.75. The fourth-order valence-electron chi connectivity index (χ4n) is 4.15. The lowest BCUT2D eigenvalue weighted by Crippen LogP contribution is -2.47. The average Bonchev–Trinajstić information content (AvgIpc) is 2.99. The molecule has 1 atom stereocenters. The van der Waals surface area contributed by atoms with Crippen LogP contribution in [-0.2, 0) is 14.3 Å².